The van der Waals surface area contributed by atoms with Crippen molar-refractivity contribution in [1.82, 2.24) is 10.2 Å². The number of halogens is 2. The molecule has 22 heavy (non-hydrogen) atoms. The summed E-state index contributed by atoms with van der Waals surface area (Å²) in [5.41, 5.74) is -0.396. The molecule has 1 heterocycles. The predicted molar refractivity (Wildman–Crippen MR) is 73.7 cm³/mol. The Kier molecular flexibility index (Phi) is 4.03. The van der Waals surface area contributed by atoms with Crippen LogP contribution in [0.15, 0.2) is 18.2 Å². The highest BCUT2D eigenvalue weighted by molar-refractivity contribution is 5.87. The van der Waals surface area contributed by atoms with Crippen LogP contribution in [-0.2, 0) is 5.92 Å². The van der Waals surface area contributed by atoms with Crippen LogP contribution in [0.4, 0.5) is 8.78 Å². The number of H-pyrrole nitrogens is 1. The van der Waals surface area contributed by atoms with Crippen molar-refractivity contribution in [1.29, 1.82) is 0 Å². The number of alkyl halides is 2. The summed E-state index contributed by atoms with van der Waals surface area (Å²) in [6.45, 7) is 0.739. The molecule has 0 saturated carbocycles. The molecule has 0 radical (unpaired) electrons. The normalized spacial score (nSPS) is 11.3. The minimum atomic E-state index is -3.17. The van der Waals surface area contributed by atoms with E-state index in [9.17, 15) is 13.6 Å². The number of carbonyl (C=O) groups is 1. The van der Waals surface area contributed by atoms with Gasteiger partial charge in [0.15, 0.2) is 11.5 Å². The zero-order valence-corrected chi connectivity index (χ0v) is 12.1. The molecule has 0 amide bonds. The van der Waals surface area contributed by atoms with Crippen molar-refractivity contribution in [2.24, 2.45) is 0 Å². The fourth-order valence-electron chi connectivity index (χ4n) is 2.02. The average Bonchev–Trinajstić information content (AvgIpc) is 2.94. The van der Waals surface area contributed by atoms with E-state index >= 15 is 0 Å². The van der Waals surface area contributed by atoms with Crippen molar-refractivity contribution in [2.45, 2.75) is 12.8 Å². The third-order valence-electron chi connectivity index (χ3n) is 3.08. The van der Waals surface area contributed by atoms with Crippen molar-refractivity contribution in [3.05, 3.63) is 29.5 Å². The maximum Gasteiger partial charge on any atom is 0.353 e. The summed E-state index contributed by atoms with van der Waals surface area (Å²) in [5.74, 6) is -4.01. The Morgan fingerprint density at radius 3 is 2.27 bits per heavy atom. The molecule has 0 aliphatic heterocycles. The minimum absolute atomic E-state index is 0.0638. The molecule has 6 nitrogen and oxygen atoms in total. The van der Waals surface area contributed by atoms with Crippen LogP contribution >= 0.6 is 0 Å². The quantitative estimate of drug-likeness (QED) is 0.887. The Balaban J connectivity index is 2.68. The van der Waals surface area contributed by atoms with E-state index < -0.39 is 11.9 Å². The van der Waals surface area contributed by atoms with Gasteiger partial charge in [-0.05, 0) is 18.2 Å². The van der Waals surface area contributed by atoms with Gasteiger partial charge in [0.1, 0.15) is 5.69 Å². The van der Waals surface area contributed by atoms with Crippen molar-refractivity contribution in [2.75, 3.05) is 14.2 Å². The number of benzene rings is 1. The highest BCUT2D eigenvalue weighted by atomic mass is 19.3. The number of aromatic nitrogens is 2. The highest BCUT2D eigenvalue weighted by Crippen LogP contribution is 2.41. The van der Waals surface area contributed by atoms with Gasteiger partial charge in [-0.25, -0.2) is 13.6 Å². The predicted octanol–water partition coefficient (Wildman–Crippen LogP) is 2.90. The Hall–Kier alpha value is -2.64. The molecule has 2 aromatic rings. The molecule has 1 aromatic carbocycles. The van der Waals surface area contributed by atoms with E-state index in [1.165, 1.54) is 26.4 Å². The number of rotatable bonds is 5. The topological polar surface area (TPSA) is 84.4 Å². The number of hydrogen-bond acceptors (Lipinski definition) is 4. The van der Waals surface area contributed by atoms with Crippen LogP contribution in [0, 0.1) is 0 Å². The second-order valence-corrected chi connectivity index (χ2v) is 4.61. The molecule has 8 heteroatoms. The van der Waals surface area contributed by atoms with Crippen LogP contribution in [0.25, 0.3) is 11.3 Å². The number of nitrogens with one attached hydrogen (secondary N) is 1. The lowest BCUT2D eigenvalue weighted by Crippen LogP contribution is -2.10. The van der Waals surface area contributed by atoms with Crippen molar-refractivity contribution in [3.8, 4) is 22.8 Å². The largest absolute Gasteiger partial charge is 0.493 e. The Bertz CT molecular complexity index is 707. The van der Waals surface area contributed by atoms with Gasteiger partial charge in [0.25, 0.3) is 5.92 Å². The smallest absolute Gasteiger partial charge is 0.353 e. The molecule has 0 atom stereocenters. The van der Waals surface area contributed by atoms with Gasteiger partial charge in [-0.1, -0.05) is 0 Å². The summed E-state index contributed by atoms with van der Waals surface area (Å²) in [5, 5.41) is 15.0. The summed E-state index contributed by atoms with van der Waals surface area (Å²) in [6.07, 6.45) is 0. The van der Waals surface area contributed by atoms with Crippen molar-refractivity contribution < 1.29 is 28.2 Å². The lowest BCUT2D eigenvalue weighted by Gasteiger charge is -2.18. The average molecular weight is 312 g/mol. The van der Waals surface area contributed by atoms with Gasteiger partial charge in [0.2, 0.25) is 0 Å². The monoisotopic (exact) mass is 312 g/mol. The number of aromatic amines is 1. The molecular formula is C14H14F2N2O4. The first kappa shape index (κ1) is 15.7. The maximum atomic E-state index is 13.9. The number of carboxylic acids is 1. The van der Waals surface area contributed by atoms with E-state index in [2.05, 4.69) is 10.2 Å². The number of aromatic carboxylic acids is 1. The molecule has 0 bridgehead atoms. The second kappa shape index (κ2) is 5.63. The van der Waals surface area contributed by atoms with Crippen molar-refractivity contribution in [3.63, 3.8) is 0 Å². The third kappa shape index (κ3) is 2.85. The van der Waals surface area contributed by atoms with E-state index in [4.69, 9.17) is 14.6 Å². The highest BCUT2D eigenvalue weighted by Gasteiger charge is 2.31. The lowest BCUT2D eigenvalue weighted by atomic mass is 9.98. The Morgan fingerprint density at radius 1 is 1.23 bits per heavy atom. The Labute approximate surface area is 124 Å². The SMILES string of the molecule is COc1cc(-c2cc(C(=O)O)[nH]n2)c(C(C)(F)F)cc1OC. The van der Waals surface area contributed by atoms with Gasteiger partial charge in [-0.2, -0.15) is 5.10 Å². The second-order valence-electron chi connectivity index (χ2n) is 4.61. The Morgan fingerprint density at radius 2 is 1.82 bits per heavy atom. The van der Waals surface area contributed by atoms with Gasteiger partial charge in [-0.3, -0.25) is 5.10 Å². The fourth-order valence-corrected chi connectivity index (χ4v) is 2.02. The van der Waals surface area contributed by atoms with Crippen LogP contribution in [0.5, 0.6) is 11.5 Å². The number of ether oxygens (including phenoxy) is 2. The molecule has 0 aliphatic carbocycles. The van der Waals surface area contributed by atoms with E-state index in [1.54, 1.807) is 0 Å². The van der Waals surface area contributed by atoms with E-state index in [0.717, 1.165) is 13.0 Å². The number of methoxy groups -OCH3 is 2. The first-order valence-electron chi connectivity index (χ1n) is 6.21. The molecule has 0 spiro atoms. The van der Waals surface area contributed by atoms with Crippen LogP contribution in [0.1, 0.15) is 23.0 Å². The molecule has 0 saturated heterocycles. The summed E-state index contributed by atoms with van der Waals surface area (Å²) < 4.78 is 37.9. The fraction of sp³-hybridized carbons (Fsp3) is 0.286. The summed E-state index contributed by atoms with van der Waals surface area (Å²) in [7, 11) is 2.71. The molecule has 0 aliphatic rings. The van der Waals surface area contributed by atoms with E-state index in [1.807, 2.05) is 0 Å². The number of nitrogens with zero attached hydrogens (tertiary/aromatic N) is 1. The van der Waals surface area contributed by atoms with Crippen LogP contribution in [0.2, 0.25) is 0 Å². The van der Waals surface area contributed by atoms with Crippen molar-refractivity contribution >= 4 is 5.97 Å². The standard InChI is InChI=1S/C14H14F2N2O4/c1-14(15,16)8-5-12(22-3)11(21-2)4-7(8)9-6-10(13(19)20)18-17-9/h4-6H,1-3H3,(H,17,18)(H,19,20). The van der Waals surface area contributed by atoms with Crippen LogP contribution < -0.4 is 9.47 Å². The molecule has 1 aromatic heterocycles. The van der Waals surface area contributed by atoms with Gasteiger partial charge >= 0.3 is 5.97 Å². The first-order chi connectivity index (χ1) is 10.3. The summed E-state index contributed by atoms with van der Waals surface area (Å²) in [4.78, 5) is 10.9. The lowest BCUT2D eigenvalue weighted by molar-refractivity contribution is 0.0178. The van der Waals surface area contributed by atoms with Gasteiger partial charge in [0.05, 0.1) is 19.9 Å². The molecule has 0 fully saturated rings. The first-order valence-corrected chi connectivity index (χ1v) is 6.21. The zero-order valence-electron chi connectivity index (χ0n) is 12.1. The molecule has 2 N–H and O–H groups in total. The summed E-state index contributed by atoms with van der Waals surface area (Å²) in [6, 6.07) is 3.68. The molecule has 118 valence electrons. The van der Waals surface area contributed by atoms with Gasteiger partial charge in [-0.15, -0.1) is 0 Å². The third-order valence-corrected chi connectivity index (χ3v) is 3.08. The van der Waals surface area contributed by atoms with E-state index in [0.29, 0.717) is 0 Å². The summed E-state index contributed by atoms with van der Waals surface area (Å²) >= 11 is 0. The number of carboxylic acid groups (broad SMARTS) is 1. The maximum absolute atomic E-state index is 13.9. The number of hydrogen-bond donors (Lipinski definition) is 2. The molecule has 0 unspecified atom stereocenters. The van der Waals surface area contributed by atoms with E-state index in [-0.39, 0.29) is 34.0 Å². The molecular weight excluding hydrogens is 298 g/mol. The minimum Gasteiger partial charge on any atom is -0.493 e. The zero-order chi connectivity index (χ0) is 16.5. The van der Waals surface area contributed by atoms with Crippen LogP contribution in [0.3, 0.4) is 0 Å². The van der Waals surface area contributed by atoms with Gasteiger partial charge in [0, 0.05) is 18.1 Å². The van der Waals surface area contributed by atoms with Crippen LogP contribution in [-0.4, -0.2) is 35.5 Å². The molecule has 2 rings (SSSR count). The van der Waals surface area contributed by atoms with Gasteiger partial charge < -0.3 is 14.6 Å².